The van der Waals surface area contributed by atoms with Crippen LogP contribution in [0.5, 0.6) is 0 Å². The molecule has 0 saturated carbocycles. The molecule has 0 unspecified atom stereocenters. The summed E-state index contributed by atoms with van der Waals surface area (Å²) < 4.78 is 13.3. The van der Waals surface area contributed by atoms with Gasteiger partial charge in [0.1, 0.15) is 5.82 Å². The molecule has 0 spiro atoms. The van der Waals surface area contributed by atoms with Crippen molar-refractivity contribution < 1.29 is 4.39 Å². The lowest BCUT2D eigenvalue weighted by molar-refractivity contribution is 0.607. The molecular weight excluding hydrogens is 189 g/mol. The molecule has 0 aliphatic heterocycles. The molecule has 0 fully saturated rings. The molecule has 0 heterocycles. The summed E-state index contributed by atoms with van der Waals surface area (Å²) in [6.45, 7) is 7.62. The normalized spacial score (nSPS) is 11.5. The number of hydrogen-bond acceptors (Lipinski definition) is 1. The van der Waals surface area contributed by atoms with Crippen LogP contribution in [0.2, 0.25) is 0 Å². The monoisotopic (exact) mass is 205 g/mol. The first-order valence-electron chi connectivity index (χ1n) is 5.09. The zero-order valence-electron chi connectivity index (χ0n) is 9.63. The van der Waals surface area contributed by atoms with Crippen molar-refractivity contribution in [1.82, 2.24) is 0 Å². The van der Waals surface area contributed by atoms with E-state index in [1.807, 2.05) is 19.9 Å². The van der Waals surface area contributed by atoms with Gasteiger partial charge in [-0.3, -0.25) is 0 Å². The Labute approximate surface area is 90.5 Å². The standard InChI is InChI=1S/C13H16FN/c1-9(2)10-5-11(7-12(14)6-10)13(3,4)8-15/h5-7,9H,1-4H3. The number of nitrogens with zero attached hydrogens (tertiary/aromatic N) is 1. The van der Waals surface area contributed by atoms with E-state index in [0.29, 0.717) is 0 Å². The van der Waals surface area contributed by atoms with Crippen LogP contribution in [-0.4, -0.2) is 0 Å². The molecule has 0 aliphatic rings. The molecule has 0 saturated heterocycles. The maximum absolute atomic E-state index is 13.3. The number of rotatable bonds is 2. The van der Waals surface area contributed by atoms with Gasteiger partial charge in [-0.1, -0.05) is 19.9 Å². The minimum Gasteiger partial charge on any atom is -0.207 e. The predicted octanol–water partition coefficient (Wildman–Crippen LogP) is 3.75. The van der Waals surface area contributed by atoms with Crippen LogP contribution in [0.4, 0.5) is 4.39 Å². The van der Waals surface area contributed by atoms with Gasteiger partial charge in [0.15, 0.2) is 0 Å². The summed E-state index contributed by atoms with van der Waals surface area (Å²) in [5.74, 6) is 0.00784. The summed E-state index contributed by atoms with van der Waals surface area (Å²) >= 11 is 0. The van der Waals surface area contributed by atoms with Gasteiger partial charge >= 0.3 is 0 Å². The minimum absolute atomic E-state index is 0.264. The van der Waals surface area contributed by atoms with Gasteiger partial charge in [-0.05, 0) is 43.0 Å². The summed E-state index contributed by atoms with van der Waals surface area (Å²) in [5.41, 5.74) is 1.05. The van der Waals surface area contributed by atoms with Gasteiger partial charge in [-0.25, -0.2) is 4.39 Å². The molecule has 0 radical (unpaired) electrons. The van der Waals surface area contributed by atoms with Gasteiger partial charge in [0.25, 0.3) is 0 Å². The number of halogens is 1. The van der Waals surface area contributed by atoms with Crippen LogP contribution < -0.4 is 0 Å². The van der Waals surface area contributed by atoms with E-state index in [0.717, 1.165) is 11.1 Å². The minimum atomic E-state index is -0.633. The van der Waals surface area contributed by atoms with Gasteiger partial charge in [-0.2, -0.15) is 5.26 Å². The van der Waals surface area contributed by atoms with Crippen molar-refractivity contribution in [3.05, 3.63) is 35.1 Å². The third-order valence-electron chi connectivity index (χ3n) is 2.59. The Hall–Kier alpha value is -1.36. The topological polar surface area (TPSA) is 23.8 Å². The van der Waals surface area contributed by atoms with Crippen molar-refractivity contribution in [3.8, 4) is 6.07 Å². The molecule has 0 aromatic heterocycles. The fourth-order valence-corrected chi connectivity index (χ4v) is 1.37. The Morgan fingerprint density at radius 1 is 1.27 bits per heavy atom. The zero-order valence-corrected chi connectivity index (χ0v) is 9.63. The lowest BCUT2D eigenvalue weighted by Gasteiger charge is -2.18. The first-order valence-corrected chi connectivity index (χ1v) is 5.09. The fraction of sp³-hybridized carbons (Fsp3) is 0.462. The summed E-state index contributed by atoms with van der Waals surface area (Å²) in [6.07, 6.45) is 0. The predicted molar refractivity (Wildman–Crippen MR) is 59.1 cm³/mol. The molecule has 0 N–H and O–H groups in total. The van der Waals surface area contributed by atoms with Crippen molar-refractivity contribution in [2.45, 2.75) is 39.0 Å². The highest BCUT2D eigenvalue weighted by Gasteiger charge is 2.21. The maximum atomic E-state index is 13.3. The average Bonchev–Trinajstić information content (AvgIpc) is 2.16. The molecule has 1 rings (SSSR count). The van der Waals surface area contributed by atoms with E-state index in [2.05, 4.69) is 6.07 Å². The molecule has 15 heavy (non-hydrogen) atoms. The molecule has 0 aliphatic carbocycles. The second kappa shape index (κ2) is 4.02. The Kier molecular flexibility index (Phi) is 3.14. The Bertz CT molecular complexity index is 399. The van der Waals surface area contributed by atoms with Crippen LogP contribution in [0.25, 0.3) is 0 Å². The van der Waals surface area contributed by atoms with E-state index < -0.39 is 5.41 Å². The van der Waals surface area contributed by atoms with Crippen molar-refractivity contribution >= 4 is 0 Å². The Balaban J connectivity index is 3.28. The van der Waals surface area contributed by atoms with E-state index >= 15 is 0 Å². The van der Waals surface area contributed by atoms with Crippen molar-refractivity contribution in [1.29, 1.82) is 5.26 Å². The number of nitriles is 1. The largest absolute Gasteiger partial charge is 0.207 e. The fourth-order valence-electron chi connectivity index (χ4n) is 1.37. The summed E-state index contributed by atoms with van der Waals surface area (Å²) in [6, 6.07) is 7.07. The van der Waals surface area contributed by atoms with Crippen molar-refractivity contribution in [3.63, 3.8) is 0 Å². The molecule has 2 heteroatoms. The SMILES string of the molecule is CC(C)c1cc(F)cc(C(C)(C)C#N)c1. The van der Waals surface area contributed by atoms with Gasteiger partial charge in [-0.15, -0.1) is 0 Å². The molecule has 0 atom stereocenters. The molecule has 1 aromatic carbocycles. The van der Waals surface area contributed by atoms with Gasteiger partial charge in [0.2, 0.25) is 0 Å². The highest BCUT2D eigenvalue weighted by atomic mass is 19.1. The molecule has 80 valence electrons. The first-order chi connectivity index (χ1) is 6.86. The van der Waals surface area contributed by atoms with Crippen molar-refractivity contribution in [2.24, 2.45) is 0 Å². The van der Waals surface area contributed by atoms with E-state index in [1.165, 1.54) is 12.1 Å². The summed E-state index contributed by atoms with van der Waals surface area (Å²) in [7, 11) is 0. The van der Waals surface area contributed by atoms with Crippen LogP contribution in [-0.2, 0) is 5.41 Å². The molecular formula is C13H16FN. The van der Waals surface area contributed by atoms with Gasteiger partial charge < -0.3 is 0 Å². The van der Waals surface area contributed by atoms with E-state index in [9.17, 15) is 4.39 Å². The highest BCUT2D eigenvalue weighted by molar-refractivity contribution is 5.35. The molecule has 1 aromatic rings. The first kappa shape index (κ1) is 11.7. The second-order valence-corrected chi connectivity index (χ2v) is 4.66. The highest BCUT2D eigenvalue weighted by Crippen LogP contribution is 2.26. The lowest BCUT2D eigenvalue weighted by Crippen LogP contribution is -2.14. The molecule has 0 bridgehead atoms. The van der Waals surface area contributed by atoms with Crippen molar-refractivity contribution in [2.75, 3.05) is 0 Å². The van der Waals surface area contributed by atoms with Crippen LogP contribution in [0.3, 0.4) is 0 Å². The van der Waals surface area contributed by atoms with Crippen LogP contribution in [0, 0.1) is 17.1 Å². The third-order valence-corrected chi connectivity index (χ3v) is 2.59. The van der Waals surface area contributed by atoms with Crippen LogP contribution in [0.15, 0.2) is 18.2 Å². The maximum Gasteiger partial charge on any atom is 0.123 e. The zero-order chi connectivity index (χ0) is 11.6. The van der Waals surface area contributed by atoms with E-state index in [4.69, 9.17) is 5.26 Å². The molecule has 0 amide bonds. The van der Waals surface area contributed by atoms with Gasteiger partial charge in [0, 0.05) is 0 Å². The van der Waals surface area contributed by atoms with E-state index in [1.54, 1.807) is 13.8 Å². The van der Waals surface area contributed by atoms with Gasteiger partial charge in [0.05, 0.1) is 11.5 Å². The Morgan fingerprint density at radius 2 is 1.87 bits per heavy atom. The lowest BCUT2D eigenvalue weighted by atomic mass is 9.84. The molecule has 1 nitrogen and oxygen atoms in total. The summed E-state index contributed by atoms with van der Waals surface area (Å²) in [5, 5.41) is 9.00. The third kappa shape index (κ3) is 2.56. The summed E-state index contributed by atoms with van der Waals surface area (Å²) in [4.78, 5) is 0. The quantitative estimate of drug-likeness (QED) is 0.721. The second-order valence-electron chi connectivity index (χ2n) is 4.66. The van der Waals surface area contributed by atoms with Crippen LogP contribution in [0.1, 0.15) is 44.7 Å². The van der Waals surface area contributed by atoms with E-state index in [-0.39, 0.29) is 11.7 Å². The number of hydrogen-bond donors (Lipinski definition) is 0. The Morgan fingerprint density at radius 3 is 2.33 bits per heavy atom. The average molecular weight is 205 g/mol. The van der Waals surface area contributed by atoms with Crippen LogP contribution >= 0.6 is 0 Å². The smallest absolute Gasteiger partial charge is 0.123 e. The number of benzene rings is 1.